The van der Waals surface area contributed by atoms with Gasteiger partial charge < -0.3 is 21.1 Å². The second-order valence-corrected chi connectivity index (χ2v) is 4.14. The van der Waals surface area contributed by atoms with Gasteiger partial charge in [-0.25, -0.2) is 4.39 Å². The molecule has 1 atom stereocenters. The van der Waals surface area contributed by atoms with Crippen molar-refractivity contribution in [2.24, 2.45) is 5.73 Å². The van der Waals surface area contributed by atoms with E-state index in [9.17, 15) is 9.18 Å². The van der Waals surface area contributed by atoms with Gasteiger partial charge in [-0.2, -0.15) is 0 Å². The van der Waals surface area contributed by atoms with E-state index in [0.717, 1.165) is 19.2 Å². The van der Waals surface area contributed by atoms with E-state index in [2.05, 4.69) is 10.6 Å². The van der Waals surface area contributed by atoms with Crippen LogP contribution in [0.15, 0.2) is 18.2 Å². The Bertz CT molecular complexity index is 433. The van der Waals surface area contributed by atoms with Crippen molar-refractivity contribution in [3.63, 3.8) is 0 Å². The topological polar surface area (TPSA) is 76.4 Å². The number of benzene rings is 1. The van der Waals surface area contributed by atoms with Crippen molar-refractivity contribution in [3.8, 4) is 0 Å². The van der Waals surface area contributed by atoms with Gasteiger partial charge in [-0.05, 0) is 18.2 Å². The van der Waals surface area contributed by atoms with E-state index in [-0.39, 0.29) is 11.7 Å². The van der Waals surface area contributed by atoms with E-state index in [4.69, 9.17) is 10.5 Å². The Morgan fingerprint density at radius 3 is 3.06 bits per heavy atom. The van der Waals surface area contributed by atoms with Crippen LogP contribution < -0.4 is 16.4 Å². The van der Waals surface area contributed by atoms with Crippen LogP contribution in [0.4, 0.5) is 10.1 Å². The van der Waals surface area contributed by atoms with Gasteiger partial charge in [-0.1, -0.05) is 0 Å². The van der Waals surface area contributed by atoms with E-state index < -0.39 is 11.7 Å². The van der Waals surface area contributed by atoms with Crippen LogP contribution in [0.5, 0.6) is 0 Å². The average molecular weight is 253 g/mol. The number of primary amides is 1. The molecule has 0 aliphatic carbocycles. The molecule has 98 valence electrons. The Kier molecular flexibility index (Phi) is 4.11. The summed E-state index contributed by atoms with van der Waals surface area (Å²) < 4.78 is 19.1. The molecule has 1 aliphatic rings. The lowest BCUT2D eigenvalue weighted by atomic mass is 10.2. The lowest BCUT2D eigenvalue weighted by molar-refractivity contribution is 0.0372. The fourth-order valence-electron chi connectivity index (χ4n) is 1.79. The number of anilines is 1. The number of nitrogens with two attached hydrogens (primary N) is 1. The zero-order chi connectivity index (χ0) is 13.0. The predicted molar refractivity (Wildman–Crippen MR) is 66.0 cm³/mol. The number of ether oxygens (including phenoxy) is 1. The van der Waals surface area contributed by atoms with Crippen molar-refractivity contribution in [1.82, 2.24) is 5.32 Å². The van der Waals surface area contributed by atoms with Gasteiger partial charge in [0.15, 0.2) is 0 Å². The summed E-state index contributed by atoms with van der Waals surface area (Å²) in [5.74, 6) is -1.13. The molecule has 0 saturated carbocycles. The molecule has 0 bridgehead atoms. The first-order valence-corrected chi connectivity index (χ1v) is 5.82. The number of morpholine rings is 1. The molecule has 0 radical (unpaired) electrons. The number of carbonyl (C=O) groups is 1. The number of hydrogen-bond acceptors (Lipinski definition) is 4. The van der Waals surface area contributed by atoms with Crippen LogP contribution in [0.2, 0.25) is 0 Å². The maximum Gasteiger partial charge on any atom is 0.248 e. The van der Waals surface area contributed by atoms with Gasteiger partial charge in [-0.3, -0.25) is 4.79 Å². The fourth-order valence-corrected chi connectivity index (χ4v) is 1.79. The van der Waals surface area contributed by atoms with Gasteiger partial charge in [0.05, 0.1) is 18.4 Å². The normalized spacial score (nSPS) is 19.5. The molecule has 1 amide bonds. The lowest BCUT2D eigenvalue weighted by Gasteiger charge is -2.24. The minimum atomic E-state index is -0.639. The maximum absolute atomic E-state index is 13.6. The van der Waals surface area contributed by atoms with Crippen molar-refractivity contribution in [3.05, 3.63) is 29.6 Å². The number of hydrogen-bond donors (Lipinski definition) is 3. The molecule has 0 spiro atoms. The molecule has 1 aromatic rings. The predicted octanol–water partition coefficient (Wildman–Crippen LogP) is 0.325. The molecule has 0 aromatic heterocycles. The summed E-state index contributed by atoms with van der Waals surface area (Å²) in [7, 11) is 0. The van der Waals surface area contributed by atoms with Gasteiger partial charge in [0.2, 0.25) is 5.91 Å². The third-order valence-corrected chi connectivity index (χ3v) is 2.78. The Balaban J connectivity index is 1.94. The molecule has 1 aromatic carbocycles. The highest BCUT2D eigenvalue weighted by Gasteiger charge is 2.14. The maximum atomic E-state index is 13.6. The Hall–Kier alpha value is -1.66. The quantitative estimate of drug-likeness (QED) is 0.722. The number of nitrogens with one attached hydrogen (secondary N) is 2. The summed E-state index contributed by atoms with van der Waals surface area (Å²) in [6.45, 7) is 2.77. The zero-order valence-corrected chi connectivity index (χ0v) is 9.91. The largest absolute Gasteiger partial charge is 0.380 e. The number of rotatable bonds is 4. The summed E-state index contributed by atoms with van der Waals surface area (Å²) in [5, 5.41) is 6.15. The highest BCUT2D eigenvalue weighted by Crippen LogP contribution is 2.15. The second-order valence-electron chi connectivity index (χ2n) is 4.14. The van der Waals surface area contributed by atoms with Gasteiger partial charge >= 0.3 is 0 Å². The SMILES string of the molecule is NC(=O)c1ccc(NCC2CNCCO2)c(F)c1. The molecular formula is C12H16FN3O2. The van der Waals surface area contributed by atoms with Crippen LogP contribution in [-0.4, -0.2) is 38.3 Å². The number of amides is 1. The van der Waals surface area contributed by atoms with Gasteiger partial charge in [0, 0.05) is 25.2 Å². The minimum Gasteiger partial charge on any atom is -0.380 e. The summed E-state index contributed by atoms with van der Waals surface area (Å²) in [4.78, 5) is 10.9. The van der Waals surface area contributed by atoms with E-state index in [0.29, 0.717) is 18.8 Å². The molecule has 1 unspecified atom stereocenters. The van der Waals surface area contributed by atoms with Crippen molar-refractivity contribution in [2.45, 2.75) is 6.10 Å². The van der Waals surface area contributed by atoms with Crippen LogP contribution in [0, 0.1) is 5.82 Å². The smallest absolute Gasteiger partial charge is 0.248 e. The molecule has 5 nitrogen and oxygen atoms in total. The number of halogens is 1. The molecule has 1 fully saturated rings. The van der Waals surface area contributed by atoms with Gasteiger partial charge in [0.1, 0.15) is 5.82 Å². The van der Waals surface area contributed by atoms with Crippen LogP contribution >= 0.6 is 0 Å². The fraction of sp³-hybridized carbons (Fsp3) is 0.417. The molecular weight excluding hydrogens is 237 g/mol. The van der Waals surface area contributed by atoms with Crippen molar-refractivity contribution in [2.75, 3.05) is 31.6 Å². The zero-order valence-electron chi connectivity index (χ0n) is 9.91. The third kappa shape index (κ3) is 3.18. The highest BCUT2D eigenvalue weighted by atomic mass is 19.1. The second kappa shape index (κ2) is 5.79. The van der Waals surface area contributed by atoms with Gasteiger partial charge in [-0.15, -0.1) is 0 Å². The first-order valence-electron chi connectivity index (χ1n) is 5.82. The van der Waals surface area contributed by atoms with Crippen LogP contribution in [-0.2, 0) is 4.74 Å². The molecule has 1 saturated heterocycles. The monoisotopic (exact) mass is 253 g/mol. The van der Waals surface area contributed by atoms with E-state index in [1.165, 1.54) is 12.1 Å². The Morgan fingerprint density at radius 1 is 1.61 bits per heavy atom. The average Bonchev–Trinajstić information content (AvgIpc) is 2.38. The van der Waals surface area contributed by atoms with Gasteiger partial charge in [0.25, 0.3) is 0 Å². The Labute approximate surface area is 104 Å². The molecule has 4 N–H and O–H groups in total. The van der Waals surface area contributed by atoms with E-state index in [1.807, 2.05) is 0 Å². The first kappa shape index (κ1) is 12.8. The van der Waals surface area contributed by atoms with E-state index >= 15 is 0 Å². The Morgan fingerprint density at radius 2 is 2.44 bits per heavy atom. The number of carbonyl (C=O) groups excluding carboxylic acids is 1. The van der Waals surface area contributed by atoms with Crippen LogP contribution in [0.3, 0.4) is 0 Å². The molecule has 2 rings (SSSR count). The minimum absolute atomic E-state index is 0.0222. The standard InChI is InChI=1S/C12H16FN3O2/c13-10-5-8(12(14)17)1-2-11(10)16-7-9-6-15-3-4-18-9/h1-2,5,9,15-16H,3-4,6-7H2,(H2,14,17). The summed E-state index contributed by atoms with van der Waals surface area (Å²) in [6.07, 6.45) is 0.0222. The van der Waals surface area contributed by atoms with Crippen molar-refractivity contribution in [1.29, 1.82) is 0 Å². The van der Waals surface area contributed by atoms with Crippen LogP contribution in [0.1, 0.15) is 10.4 Å². The summed E-state index contributed by atoms with van der Waals surface area (Å²) in [5.41, 5.74) is 5.57. The molecule has 1 aliphatic heterocycles. The molecule has 1 heterocycles. The summed E-state index contributed by atoms with van der Waals surface area (Å²) >= 11 is 0. The van der Waals surface area contributed by atoms with E-state index in [1.54, 1.807) is 0 Å². The van der Waals surface area contributed by atoms with Crippen LogP contribution in [0.25, 0.3) is 0 Å². The first-order chi connectivity index (χ1) is 8.66. The molecule has 6 heteroatoms. The lowest BCUT2D eigenvalue weighted by Crippen LogP contribution is -2.42. The molecule has 18 heavy (non-hydrogen) atoms. The third-order valence-electron chi connectivity index (χ3n) is 2.78. The van der Waals surface area contributed by atoms with Crippen molar-refractivity contribution < 1.29 is 13.9 Å². The summed E-state index contributed by atoms with van der Waals surface area (Å²) in [6, 6.07) is 4.13. The van der Waals surface area contributed by atoms with Crippen molar-refractivity contribution >= 4 is 11.6 Å². The highest BCUT2D eigenvalue weighted by molar-refractivity contribution is 5.93.